The Kier molecular flexibility index (Phi) is 5.77. The summed E-state index contributed by atoms with van der Waals surface area (Å²) in [7, 11) is 0. The molecule has 0 unspecified atom stereocenters. The van der Waals surface area contributed by atoms with Crippen LogP contribution in [0.2, 0.25) is 5.02 Å². The molecule has 0 radical (unpaired) electrons. The molecule has 0 saturated heterocycles. The Balaban J connectivity index is 1.84. The average molecular weight is 381 g/mol. The summed E-state index contributed by atoms with van der Waals surface area (Å²) in [6.45, 7) is 2.04. The van der Waals surface area contributed by atoms with Gasteiger partial charge in [-0.1, -0.05) is 65.3 Å². The zero-order valence-corrected chi connectivity index (χ0v) is 15.8. The molecule has 2 N–H and O–H groups in total. The van der Waals surface area contributed by atoms with Gasteiger partial charge in [0.2, 0.25) is 0 Å². The van der Waals surface area contributed by atoms with E-state index in [4.69, 9.17) is 17.3 Å². The molecular formula is C20H17ClN4S. The van der Waals surface area contributed by atoms with Crippen LogP contribution in [0.25, 0.3) is 0 Å². The van der Waals surface area contributed by atoms with Gasteiger partial charge in [-0.25, -0.2) is 9.97 Å². The molecule has 1 heterocycles. The number of thioether (sulfide) groups is 1. The van der Waals surface area contributed by atoms with E-state index < -0.39 is 0 Å². The number of aryl methyl sites for hydroxylation is 1. The highest BCUT2D eigenvalue weighted by molar-refractivity contribution is 7.98. The Morgan fingerprint density at radius 1 is 1.12 bits per heavy atom. The first kappa shape index (κ1) is 18.2. The van der Waals surface area contributed by atoms with Crippen LogP contribution in [0.4, 0.5) is 5.82 Å². The highest BCUT2D eigenvalue weighted by Gasteiger charge is 2.13. The van der Waals surface area contributed by atoms with Crippen LogP contribution in [0.15, 0.2) is 53.7 Å². The van der Waals surface area contributed by atoms with E-state index >= 15 is 0 Å². The van der Waals surface area contributed by atoms with Crippen LogP contribution in [0, 0.1) is 18.3 Å². The van der Waals surface area contributed by atoms with Crippen LogP contribution < -0.4 is 5.73 Å². The summed E-state index contributed by atoms with van der Waals surface area (Å²) in [5.41, 5.74) is 10.4. The minimum absolute atomic E-state index is 0.226. The van der Waals surface area contributed by atoms with Crippen molar-refractivity contribution in [2.24, 2.45) is 0 Å². The molecule has 6 heteroatoms. The van der Waals surface area contributed by atoms with Gasteiger partial charge in [-0.05, 0) is 30.2 Å². The van der Waals surface area contributed by atoms with Crippen molar-refractivity contribution in [1.82, 2.24) is 9.97 Å². The summed E-state index contributed by atoms with van der Waals surface area (Å²) in [6.07, 6.45) is 0.547. The maximum Gasteiger partial charge on any atom is 0.190 e. The molecule has 4 nitrogen and oxygen atoms in total. The number of nitrogens with two attached hydrogens (primary N) is 1. The number of nitrogen functional groups attached to an aromatic ring is 1. The fraction of sp³-hybridized carbons (Fsp3) is 0.150. The van der Waals surface area contributed by atoms with E-state index in [1.807, 2.05) is 49.4 Å². The molecule has 0 spiro atoms. The molecule has 3 rings (SSSR count). The van der Waals surface area contributed by atoms with E-state index in [0.29, 0.717) is 33.6 Å². The molecule has 0 bridgehead atoms. The van der Waals surface area contributed by atoms with Crippen molar-refractivity contribution in [3.63, 3.8) is 0 Å². The normalized spacial score (nSPS) is 10.5. The lowest BCUT2D eigenvalue weighted by Crippen LogP contribution is -2.06. The fourth-order valence-corrected chi connectivity index (χ4v) is 3.51. The Hall–Kier alpha value is -2.55. The average Bonchev–Trinajstić information content (AvgIpc) is 2.61. The zero-order chi connectivity index (χ0) is 18.5. The number of halogens is 1. The SMILES string of the molecule is Cc1cccc(Cc2nc(SCc3ccc(Cl)cc3)nc(N)c2C#N)c1. The largest absolute Gasteiger partial charge is 0.382 e. The summed E-state index contributed by atoms with van der Waals surface area (Å²) in [4.78, 5) is 8.86. The predicted octanol–water partition coefficient (Wildman–Crippen LogP) is 4.78. The number of aromatic nitrogens is 2. The van der Waals surface area contributed by atoms with Crippen LogP contribution in [0.1, 0.15) is 27.9 Å². The topological polar surface area (TPSA) is 75.6 Å². The quantitative estimate of drug-likeness (QED) is 0.509. The van der Waals surface area contributed by atoms with Crippen molar-refractivity contribution >= 4 is 29.2 Å². The smallest absolute Gasteiger partial charge is 0.190 e. The van der Waals surface area contributed by atoms with E-state index in [2.05, 4.69) is 22.1 Å². The van der Waals surface area contributed by atoms with E-state index in [1.54, 1.807) is 0 Å². The molecule has 0 aliphatic rings. The molecule has 0 amide bonds. The third kappa shape index (κ3) is 4.54. The number of benzene rings is 2. The summed E-state index contributed by atoms with van der Waals surface area (Å²) in [6, 6.07) is 17.9. The Morgan fingerprint density at radius 3 is 2.58 bits per heavy atom. The number of anilines is 1. The van der Waals surface area contributed by atoms with Gasteiger partial charge < -0.3 is 5.73 Å². The van der Waals surface area contributed by atoms with E-state index in [1.165, 1.54) is 17.3 Å². The first-order valence-corrected chi connectivity index (χ1v) is 9.41. The van der Waals surface area contributed by atoms with Gasteiger partial charge in [0, 0.05) is 17.2 Å². The lowest BCUT2D eigenvalue weighted by atomic mass is 10.0. The molecule has 1 aromatic heterocycles. The molecular weight excluding hydrogens is 364 g/mol. The fourth-order valence-electron chi connectivity index (χ4n) is 2.56. The molecule has 130 valence electrons. The maximum absolute atomic E-state index is 9.43. The predicted molar refractivity (Wildman–Crippen MR) is 106 cm³/mol. The first-order valence-electron chi connectivity index (χ1n) is 8.04. The zero-order valence-electron chi connectivity index (χ0n) is 14.2. The third-order valence-corrected chi connectivity index (χ3v) is 5.01. The van der Waals surface area contributed by atoms with Gasteiger partial charge in [0.15, 0.2) is 5.16 Å². The lowest BCUT2D eigenvalue weighted by Gasteiger charge is -2.09. The van der Waals surface area contributed by atoms with Crippen molar-refractivity contribution in [2.45, 2.75) is 24.3 Å². The van der Waals surface area contributed by atoms with Crippen molar-refractivity contribution in [3.8, 4) is 6.07 Å². The monoisotopic (exact) mass is 380 g/mol. The summed E-state index contributed by atoms with van der Waals surface area (Å²) in [5.74, 6) is 0.926. The molecule has 0 atom stereocenters. The number of nitriles is 1. The van der Waals surface area contributed by atoms with E-state index in [0.717, 1.165) is 11.1 Å². The highest BCUT2D eigenvalue weighted by atomic mass is 35.5. The number of nitrogens with zero attached hydrogens (tertiary/aromatic N) is 3. The Bertz CT molecular complexity index is 965. The summed E-state index contributed by atoms with van der Waals surface area (Å²) >= 11 is 7.40. The number of hydrogen-bond donors (Lipinski definition) is 1. The van der Waals surface area contributed by atoms with Crippen molar-refractivity contribution in [1.29, 1.82) is 5.26 Å². The van der Waals surface area contributed by atoms with Crippen LogP contribution >= 0.6 is 23.4 Å². The molecule has 0 saturated carbocycles. The van der Waals surface area contributed by atoms with Crippen LogP contribution in [0.3, 0.4) is 0 Å². The molecule has 0 aliphatic heterocycles. The van der Waals surface area contributed by atoms with Crippen LogP contribution in [-0.2, 0) is 12.2 Å². The minimum Gasteiger partial charge on any atom is -0.382 e. The van der Waals surface area contributed by atoms with Crippen LogP contribution in [0.5, 0.6) is 0 Å². The lowest BCUT2D eigenvalue weighted by molar-refractivity contribution is 0.901. The van der Waals surface area contributed by atoms with Crippen molar-refractivity contribution in [2.75, 3.05) is 5.73 Å². The highest BCUT2D eigenvalue weighted by Crippen LogP contribution is 2.25. The van der Waals surface area contributed by atoms with E-state index in [-0.39, 0.29) is 5.82 Å². The third-order valence-electron chi connectivity index (χ3n) is 3.84. The van der Waals surface area contributed by atoms with Crippen molar-refractivity contribution < 1.29 is 0 Å². The van der Waals surface area contributed by atoms with Gasteiger partial charge in [0.1, 0.15) is 17.5 Å². The number of hydrogen-bond acceptors (Lipinski definition) is 5. The molecule has 2 aromatic carbocycles. The van der Waals surface area contributed by atoms with Crippen molar-refractivity contribution in [3.05, 3.63) is 81.5 Å². The summed E-state index contributed by atoms with van der Waals surface area (Å²) in [5, 5.41) is 10.7. The Morgan fingerprint density at radius 2 is 1.88 bits per heavy atom. The maximum atomic E-state index is 9.43. The molecule has 26 heavy (non-hydrogen) atoms. The second kappa shape index (κ2) is 8.22. The molecule has 0 aliphatic carbocycles. The molecule has 0 fully saturated rings. The van der Waals surface area contributed by atoms with Gasteiger partial charge in [-0.3, -0.25) is 0 Å². The second-order valence-electron chi connectivity index (χ2n) is 5.91. The second-order valence-corrected chi connectivity index (χ2v) is 7.28. The summed E-state index contributed by atoms with van der Waals surface area (Å²) < 4.78 is 0. The Labute approximate surface area is 162 Å². The van der Waals surface area contributed by atoms with Crippen LogP contribution in [-0.4, -0.2) is 9.97 Å². The van der Waals surface area contributed by atoms with Gasteiger partial charge in [-0.15, -0.1) is 0 Å². The van der Waals surface area contributed by atoms with Gasteiger partial charge >= 0.3 is 0 Å². The minimum atomic E-state index is 0.226. The van der Waals surface area contributed by atoms with Gasteiger partial charge in [0.25, 0.3) is 0 Å². The van der Waals surface area contributed by atoms with Gasteiger partial charge in [0.05, 0.1) is 5.69 Å². The van der Waals surface area contributed by atoms with E-state index in [9.17, 15) is 5.26 Å². The first-order chi connectivity index (χ1) is 12.5. The standard InChI is InChI=1S/C20H17ClN4S/c1-13-3-2-4-15(9-13)10-18-17(11-22)19(23)25-20(24-18)26-12-14-5-7-16(21)8-6-14/h2-9H,10,12H2,1H3,(H2,23,24,25). The van der Waals surface area contributed by atoms with Gasteiger partial charge in [-0.2, -0.15) is 5.26 Å². The number of rotatable bonds is 5. The molecule has 3 aromatic rings.